The lowest BCUT2D eigenvalue weighted by molar-refractivity contribution is -0.130. The Morgan fingerprint density at radius 3 is 2.27 bits per heavy atom. The van der Waals surface area contributed by atoms with E-state index in [2.05, 4.69) is 23.6 Å². The normalized spacial score (nSPS) is 27.0. The number of sulfonamides is 1. The highest BCUT2D eigenvalue weighted by molar-refractivity contribution is 7.89. The van der Waals surface area contributed by atoms with Crippen LogP contribution in [-0.4, -0.2) is 96.8 Å². The summed E-state index contributed by atoms with van der Waals surface area (Å²) in [5.41, 5.74) is -0.200. The van der Waals surface area contributed by atoms with Gasteiger partial charge in [-0.2, -0.15) is 4.31 Å². The molecule has 1 amide bonds. The summed E-state index contributed by atoms with van der Waals surface area (Å²) in [6.07, 6.45) is 2.00. The second kappa shape index (κ2) is 8.22. The van der Waals surface area contributed by atoms with Crippen LogP contribution < -0.4 is 0 Å². The third kappa shape index (κ3) is 4.15. The molecule has 30 heavy (non-hydrogen) atoms. The van der Waals surface area contributed by atoms with E-state index in [1.165, 1.54) is 0 Å². The Hall–Kier alpha value is -1.48. The van der Waals surface area contributed by atoms with Gasteiger partial charge in [-0.15, -0.1) is 0 Å². The van der Waals surface area contributed by atoms with Crippen molar-refractivity contribution in [2.24, 2.45) is 0 Å². The lowest BCUT2D eigenvalue weighted by Gasteiger charge is -2.56. The van der Waals surface area contributed by atoms with Crippen molar-refractivity contribution in [1.82, 2.24) is 19.0 Å². The van der Waals surface area contributed by atoms with Gasteiger partial charge in [-0.05, 0) is 38.8 Å². The largest absolute Gasteiger partial charge is 0.343 e. The molecule has 0 N–H and O–H groups in total. The van der Waals surface area contributed by atoms with Crippen LogP contribution in [0.4, 0.5) is 0 Å². The first kappa shape index (κ1) is 21.7. The summed E-state index contributed by atoms with van der Waals surface area (Å²) in [4.78, 5) is 19.0. The Labute approximate surface area is 180 Å². The summed E-state index contributed by atoms with van der Waals surface area (Å²) in [6, 6.07) is 9.44. The average Bonchev–Trinajstić information content (AvgIpc) is 2.73. The third-order valence-electron chi connectivity index (χ3n) is 7.08. The maximum atomic E-state index is 13.3. The summed E-state index contributed by atoms with van der Waals surface area (Å²) in [7, 11) is -3.50. The smallest absolute Gasteiger partial charge is 0.243 e. The van der Waals surface area contributed by atoms with Crippen molar-refractivity contribution in [3.8, 4) is 0 Å². The van der Waals surface area contributed by atoms with E-state index < -0.39 is 10.0 Å². The molecular formula is C22H34N4O3S. The van der Waals surface area contributed by atoms with E-state index in [1.54, 1.807) is 35.5 Å². The lowest BCUT2D eigenvalue weighted by Crippen LogP contribution is -2.71. The number of carbonyl (C=O) groups excluding carboxylic acids is 1. The predicted octanol–water partition coefficient (Wildman–Crippen LogP) is 1.47. The number of piperazine rings is 2. The van der Waals surface area contributed by atoms with E-state index in [0.717, 1.165) is 45.6 Å². The Morgan fingerprint density at radius 1 is 0.967 bits per heavy atom. The molecule has 0 spiro atoms. The van der Waals surface area contributed by atoms with Crippen LogP contribution in [0.15, 0.2) is 35.2 Å². The highest BCUT2D eigenvalue weighted by Crippen LogP contribution is 2.32. The lowest BCUT2D eigenvalue weighted by atomic mass is 9.92. The molecule has 0 radical (unpaired) electrons. The molecule has 166 valence electrons. The van der Waals surface area contributed by atoms with Crippen LogP contribution in [0.3, 0.4) is 0 Å². The van der Waals surface area contributed by atoms with Gasteiger partial charge in [0, 0.05) is 70.4 Å². The van der Waals surface area contributed by atoms with Crippen molar-refractivity contribution in [3.05, 3.63) is 30.3 Å². The molecule has 3 aliphatic heterocycles. The molecule has 1 aromatic rings. The topological polar surface area (TPSA) is 64.2 Å². The minimum absolute atomic E-state index is 0.161. The van der Waals surface area contributed by atoms with Crippen LogP contribution in [0.25, 0.3) is 0 Å². The number of hydrogen-bond acceptors (Lipinski definition) is 5. The number of fused-ring (bicyclic) bond motifs is 1. The monoisotopic (exact) mass is 434 g/mol. The summed E-state index contributed by atoms with van der Waals surface area (Å²) < 4.78 is 28.3. The zero-order chi connectivity index (χ0) is 21.5. The summed E-state index contributed by atoms with van der Waals surface area (Å²) in [6.45, 7) is 11.5. The molecule has 0 unspecified atom stereocenters. The number of amides is 1. The fourth-order valence-corrected chi connectivity index (χ4v) is 7.11. The maximum absolute atomic E-state index is 13.3. The fraction of sp³-hybridized carbons (Fsp3) is 0.682. The number of rotatable bonds is 3. The molecule has 1 aromatic carbocycles. The predicted molar refractivity (Wildman–Crippen MR) is 117 cm³/mol. The maximum Gasteiger partial charge on any atom is 0.243 e. The first-order valence-corrected chi connectivity index (χ1v) is 12.4. The second-order valence-electron chi connectivity index (χ2n) is 9.50. The number of hydrogen-bond donors (Lipinski definition) is 0. The minimum atomic E-state index is -3.50. The summed E-state index contributed by atoms with van der Waals surface area (Å²) in [5, 5.41) is 0. The molecule has 0 bridgehead atoms. The van der Waals surface area contributed by atoms with Gasteiger partial charge in [0.1, 0.15) is 0 Å². The molecule has 4 rings (SSSR count). The van der Waals surface area contributed by atoms with E-state index in [-0.39, 0.29) is 17.5 Å². The van der Waals surface area contributed by atoms with Crippen molar-refractivity contribution in [1.29, 1.82) is 0 Å². The van der Waals surface area contributed by atoms with Crippen LogP contribution in [0.1, 0.15) is 33.6 Å². The van der Waals surface area contributed by atoms with Gasteiger partial charge in [0.25, 0.3) is 0 Å². The van der Waals surface area contributed by atoms with E-state index in [4.69, 9.17) is 0 Å². The SMILES string of the molecule is CC(=O)N1CCC(N2CCN3[C@@H](C2)CN(S(=O)(=O)c2ccccc2)CC3(C)C)CC1. The van der Waals surface area contributed by atoms with E-state index in [9.17, 15) is 13.2 Å². The Kier molecular flexibility index (Phi) is 5.96. The molecule has 0 aliphatic carbocycles. The zero-order valence-corrected chi connectivity index (χ0v) is 19.1. The van der Waals surface area contributed by atoms with Gasteiger partial charge in [-0.3, -0.25) is 14.6 Å². The van der Waals surface area contributed by atoms with Gasteiger partial charge in [0.2, 0.25) is 15.9 Å². The molecule has 0 saturated carbocycles. The van der Waals surface area contributed by atoms with Crippen LogP contribution in [0, 0.1) is 0 Å². The number of likely N-dealkylation sites (tertiary alicyclic amines) is 1. The first-order valence-electron chi connectivity index (χ1n) is 11.0. The fourth-order valence-electron chi connectivity index (χ4n) is 5.46. The third-order valence-corrected chi connectivity index (χ3v) is 8.90. The van der Waals surface area contributed by atoms with Crippen LogP contribution >= 0.6 is 0 Å². The molecule has 3 heterocycles. The number of carbonyl (C=O) groups is 1. The van der Waals surface area contributed by atoms with Gasteiger partial charge in [-0.25, -0.2) is 8.42 Å². The van der Waals surface area contributed by atoms with Crippen LogP contribution in [-0.2, 0) is 14.8 Å². The Balaban J connectivity index is 1.48. The molecule has 3 aliphatic rings. The van der Waals surface area contributed by atoms with Crippen molar-refractivity contribution >= 4 is 15.9 Å². The van der Waals surface area contributed by atoms with Crippen LogP contribution in [0.2, 0.25) is 0 Å². The van der Waals surface area contributed by atoms with Gasteiger partial charge in [0.05, 0.1) is 4.90 Å². The van der Waals surface area contributed by atoms with E-state index in [0.29, 0.717) is 24.0 Å². The van der Waals surface area contributed by atoms with Crippen molar-refractivity contribution in [2.75, 3.05) is 45.8 Å². The number of benzene rings is 1. The zero-order valence-electron chi connectivity index (χ0n) is 18.3. The summed E-state index contributed by atoms with van der Waals surface area (Å²) >= 11 is 0. The highest BCUT2D eigenvalue weighted by Gasteiger charge is 2.46. The van der Waals surface area contributed by atoms with Crippen molar-refractivity contribution in [3.63, 3.8) is 0 Å². The molecule has 1 atom stereocenters. The van der Waals surface area contributed by atoms with E-state index in [1.807, 2.05) is 11.0 Å². The number of piperidine rings is 1. The second-order valence-corrected chi connectivity index (χ2v) is 11.4. The Bertz CT molecular complexity index is 866. The highest BCUT2D eigenvalue weighted by atomic mass is 32.2. The molecule has 7 nitrogen and oxygen atoms in total. The van der Waals surface area contributed by atoms with Crippen LogP contribution in [0.5, 0.6) is 0 Å². The minimum Gasteiger partial charge on any atom is -0.343 e. The summed E-state index contributed by atoms with van der Waals surface area (Å²) in [5.74, 6) is 0.161. The first-order chi connectivity index (χ1) is 14.2. The van der Waals surface area contributed by atoms with Gasteiger partial charge in [-0.1, -0.05) is 18.2 Å². The quantitative estimate of drug-likeness (QED) is 0.721. The van der Waals surface area contributed by atoms with Crippen molar-refractivity contribution in [2.45, 2.75) is 56.1 Å². The average molecular weight is 435 g/mol. The van der Waals surface area contributed by atoms with E-state index >= 15 is 0 Å². The molecule has 3 saturated heterocycles. The van der Waals surface area contributed by atoms with Gasteiger partial charge >= 0.3 is 0 Å². The standard InChI is InChI=1S/C22H34N4O3S/c1-18(27)23-11-9-19(10-12-23)24-13-14-26-20(15-24)16-25(17-22(26,2)3)30(28,29)21-7-5-4-6-8-21/h4-8,19-20H,9-17H2,1-3H3/t20-/m0/s1. The van der Waals surface area contributed by atoms with Gasteiger partial charge in [0.15, 0.2) is 0 Å². The molecular weight excluding hydrogens is 400 g/mol. The van der Waals surface area contributed by atoms with Gasteiger partial charge < -0.3 is 4.90 Å². The Morgan fingerprint density at radius 2 is 1.63 bits per heavy atom. The molecule has 8 heteroatoms. The van der Waals surface area contributed by atoms with Crippen molar-refractivity contribution < 1.29 is 13.2 Å². The molecule has 0 aromatic heterocycles. The number of nitrogens with zero attached hydrogens (tertiary/aromatic N) is 4. The molecule has 3 fully saturated rings.